The van der Waals surface area contributed by atoms with Crippen LogP contribution in [0, 0.1) is 0 Å². The average molecular weight is 333 g/mol. The summed E-state index contributed by atoms with van der Waals surface area (Å²) in [5, 5.41) is 11.9. The van der Waals surface area contributed by atoms with Gasteiger partial charge in [-0.15, -0.1) is 10.2 Å². The van der Waals surface area contributed by atoms with Crippen molar-refractivity contribution in [3.8, 4) is 0 Å². The Hall–Kier alpha value is -1.26. The number of anilines is 1. The minimum Gasteiger partial charge on any atom is -0.360 e. The molecule has 0 bridgehead atoms. The predicted octanol–water partition coefficient (Wildman–Crippen LogP) is 0.0774. The average Bonchev–Trinajstić information content (AvgIpc) is 2.92. The molecule has 0 saturated carbocycles. The number of sulfonamides is 1. The van der Waals surface area contributed by atoms with Crippen molar-refractivity contribution in [2.45, 2.75) is 13.3 Å². The normalized spacial score (nSPS) is 17.0. The van der Waals surface area contributed by atoms with Crippen LogP contribution in [0.5, 0.6) is 0 Å². The molecule has 2 rings (SSSR count). The Balaban J connectivity index is 1.94. The Morgan fingerprint density at radius 2 is 1.95 bits per heavy atom. The molecule has 0 aliphatic carbocycles. The molecule has 8 nitrogen and oxygen atoms in total. The fraction of sp³-hybridized carbons (Fsp3) is 0.727. The zero-order valence-corrected chi connectivity index (χ0v) is 13.7. The fourth-order valence-electron chi connectivity index (χ4n) is 1.97. The van der Waals surface area contributed by atoms with Crippen LogP contribution in [-0.2, 0) is 10.0 Å². The summed E-state index contributed by atoms with van der Waals surface area (Å²) in [5.74, 6) is -0.190. The number of carbonyl (C=O) groups is 1. The van der Waals surface area contributed by atoms with Gasteiger partial charge >= 0.3 is 0 Å². The van der Waals surface area contributed by atoms with Gasteiger partial charge in [0, 0.05) is 32.7 Å². The van der Waals surface area contributed by atoms with Crippen LogP contribution < -0.4 is 5.32 Å². The molecule has 1 aromatic heterocycles. The maximum absolute atomic E-state index is 12.3. The van der Waals surface area contributed by atoms with Crippen molar-refractivity contribution in [3.05, 3.63) is 5.01 Å². The Bertz CT molecular complexity index is 593. The summed E-state index contributed by atoms with van der Waals surface area (Å²) >= 11 is 1.22. The first-order valence-corrected chi connectivity index (χ1v) is 9.40. The zero-order chi connectivity index (χ0) is 15.5. The van der Waals surface area contributed by atoms with Crippen LogP contribution in [0.4, 0.5) is 5.13 Å². The summed E-state index contributed by atoms with van der Waals surface area (Å²) in [6.07, 6.45) is 2.15. The quantitative estimate of drug-likeness (QED) is 0.820. The smallest absolute Gasteiger partial charge is 0.284 e. The number of piperazine rings is 1. The lowest BCUT2D eigenvalue weighted by Gasteiger charge is -2.32. The van der Waals surface area contributed by atoms with E-state index in [9.17, 15) is 13.2 Å². The van der Waals surface area contributed by atoms with E-state index in [-0.39, 0.29) is 5.91 Å². The van der Waals surface area contributed by atoms with E-state index < -0.39 is 10.0 Å². The van der Waals surface area contributed by atoms with Gasteiger partial charge in [-0.2, -0.15) is 4.31 Å². The van der Waals surface area contributed by atoms with Gasteiger partial charge in [0.15, 0.2) is 0 Å². The molecular weight excluding hydrogens is 314 g/mol. The minimum atomic E-state index is -3.19. The van der Waals surface area contributed by atoms with E-state index in [4.69, 9.17) is 0 Å². The molecule has 1 saturated heterocycles. The second-order valence-corrected chi connectivity index (χ2v) is 7.75. The fourth-order valence-corrected chi connectivity index (χ4v) is 3.53. The van der Waals surface area contributed by atoms with E-state index in [1.165, 1.54) is 21.9 Å². The van der Waals surface area contributed by atoms with Gasteiger partial charge in [0.25, 0.3) is 5.91 Å². The highest BCUT2D eigenvalue weighted by molar-refractivity contribution is 7.88. The van der Waals surface area contributed by atoms with Crippen molar-refractivity contribution < 1.29 is 13.2 Å². The number of nitrogens with zero attached hydrogens (tertiary/aromatic N) is 4. The second kappa shape index (κ2) is 6.67. The standard InChI is InChI=1S/C11H19N5O3S2/c1-3-4-12-11-14-13-9(20-11)10(17)15-5-7-16(8-6-15)21(2,18)19/h3-8H2,1-2H3,(H,12,14). The lowest BCUT2D eigenvalue weighted by atomic mass is 10.3. The van der Waals surface area contributed by atoms with Gasteiger partial charge < -0.3 is 10.2 Å². The van der Waals surface area contributed by atoms with Gasteiger partial charge in [-0.3, -0.25) is 4.79 Å². The molecule has 21 heavy (non-hydrogen) atoms. The van der Waals surface area contributed by atoms with Crippen LogP contribution in [0.15, 0.2) is 0 Å². The molecule has 1 aliphatic heterocycles. The van der Waals surface area contributed by atoms with Crippen LogP contribution >= 0.6 is 11.3 Å². The number of amides is 1. The SMILES string of the molecule is CCCNc1nnc(C(=O)N2CCN(S(C)(=O)=O)CC2)s1. The van der Waals surface area contributed by atoms with E-state index in [0.717, 1.165) is 13.0 Å². The molecule has 0 radical (unpaired) electrons. The highest BCUT2D eigenvalue weighted by atomic mass is 32.2. The van der Waals surface area contributed by atoms with E-state index in [1.807, 2.05) is 6.92 Å². The number of hydrogen-bond acceptors (Lipinski definition) is 7. The molecule has 1 aromatic rings. The maximum Gasteiger partial charge on any atom is 0.284 e. The van der Waals surface area contributed by atoms with Gasteiger partial charge in [0.1, 0.15) is 0 Å². The highest BCUT2D eigenvalue weighted by Crippen LogP contribution is 2.18. The van der Waals surface area contributed by atoms with Gasteiger partial charge in [-0.1, -0.05) is 18.3 Å². The van der Waals surface area contributed by atoms with Crippen LogP contribution in [0.25, 0.3) is 0 Å². The molecular formula is C11H19N5O3S2. The van der Waals surface area contributed by atoms with Crippen LogP contribution in [0.1, 0.15) is 23.1 Å². The zero-order valence-electron chi connectivity index (χ0n) is 12.1. The Kier molecular flexibility index (Phi) is 5.12. The molecule has 0 aromatic carbocycles. The lowest BCUT2D eigenvalue weighted by molar-refractivity contribution is 0.0697. The van der Waals surface area contributed by atoms with Crippen molar-refractivity contribution in [1.29, 1.82) is 0 Å². The molecule has 1 aliphatic rings. The Morgan fingerprint density at radius 1 is 1.29 bits per heavy atom. The van der Waals surface area contributed by atoms with Crippen molar-refractivity contribution in [1.82, 2.24) is 19.4 Å². The predicted molar refractivity (Wildman–Crippen MR) is 81.0 cm³/mol. The minimum absolute atomic E-state index is 0.190. The third-order valence-electron chi connectivity index (χ3n) is 3.13. The molecule has 1 N–H and O–H groups in total. The summed E-state index contributed by atoms with van der Waals surface area (Å²) < 4.78 is 24.2. The molecule has 118 valence electrons. The largest absolute Gasteiger partial charge is 0.360 e. The maximum atomic E-state index is 12.3. The summed E-state index contributed by atoms with van der Waals surface area (Å²) in [7, 11) is -3.19. The third-order valence-corrected chi connectivity index (χ3v) is 5.30. The van der Waals surface area contributed by atoms with Crippen LogP contribution in [0.2, 0.25) is 0 Å². The first kappa shape index (κ1) is 16.1. The van der Waals surface area contributed by atoms with Gasteiger partial charge in [-0.25, -0.2) is 8.42 Å². The van der Waals surface area contributed by atoms with Gasteiger partial charge in [0.2, 0.25) is 20.2 Å². The van der Waals surface area contributed by atoms with Crippen LogP contribution in [0.3, 0.4) is 0 Å². The summed E-state index contributed by atoms with van der Waals surface area (Å²) in [6.45, 7) is 4.23. The monoisotopic (exact) mass is 333 g/mol. The molecule has 0 unspecified atom stereocenters. The van der Waals surface area contributed by atoms with E-state index in [1.54, 1.807) is 4.90 Å². The number of aromatic nitrogens is 2. The van der Waals surface area contributed by atoms with Crippen molar-refractivity contribution in [2.75, 3.05) is 44.3 Å². The van der Waals surface area contributed by atoms with E-state index in [0.29, 0.717) is 36.3 Å². The summed E-state index contributed by atoms with van der Waals surface area (Å²) in [6, 6.07) is 0. The molecule has 2 heterocycles. The molecule has 0 spiro atoms. The Morgan fingerprint density at radius 3 is 2.52 bits per heavy atom. The van der Waals surface area contributed by atoms with Gasteiger partial charge in [-0.05, 0) is 6.42 Å². The number of hydrogen-bond donors (Lipinski definition) is 1. The van der Waals surface area contributed by atoms with Crippen LogP contribution in [-0.4, -0.2) is 72.7 Å². The number of carbonyl (C=O) groups excluding carboxylic acids is 1. The molecule has 10 heteroatoms. The number of nitrogens with one attached hydrogen (secondary N) is 1. The topological polar surface area (TPSA) is 95.5 Å². The molecule has 0 atom stereocenters. The molecule has 1 amide bonds. The first-order valence-electron chi connectivity index (χ1n) is 6.73. The van der Waals surface area contributed by atoms with Gasteiger partial charge in [0.05, 0.1) is 6.26 Å². The molecule has 1 fully saturated rings. The highest BCUT2D eigenvalue weighted by Gasteiger charge is 2.28. The Labute approximate surface area is 128 Å². The summed E-state index contributed by atoms with van der Waals surface area (Å²) in [5.41, 5.74) is 0. The van der Waals surface area contributed by atoms with E-state index in [2.05, 4.69) is 15.5 Å². The first-order chi connectivity index (χ1) is 9.91. The lowest BCUT2D eigenvalue weighted by Crippen LogP contribution is -2.50. The van der Waals surface area contributed by atoms with E-state index >= 15 is 0 Å². The third kappa shape index (κ3) is 4.11. The summed E-state index contributed by atoms with van der Waals surface area (Å²) in [4.78, 5) is 13.9. The second-order valence-electron chi connectivity index (χ2n) is 4.79. The van der Waals surface area contributed by atoms with Crippen molar-refractivity contribution >= 4 is 32.4 Å². The number of rotatable bonds is 5. The van der Waals surface area contributed by atoms with Crippen molar-refractivity contribution in [3.63, 3.8) is 0 Å². The van der Waals surface area contributed by atoms with Crippen molar-refractivity contribution in [2.24, 2.45) is 0 Å².